The Bertz CT molecular complexity index is 460. The highest BCUT2D eigenvalue weighted by Crippen LogP contribution is 2.21. The lowest BCUT2D eigenvalue weighted by molar-refractivity contribution is 0.762. The van der Waals surface area contributed by atoms with Crippen LogP contribution in [0.1, 0.15) is 5.69 Å². The van der Waals surface area contributed by atoms with Gasteiger partial charge in [0.2, 0.25) is 0 Å². The van der Waals surface area contributed by atoms with E-state index >= 15 is 0 Å². The number of nitrogens with zero attached hydrogens (tertiary/aromatic N) is 3. The van der Waals surface area contributed by atoms with Gasteiger partial charge >= 0.3 is 0 Å². The zero-order chi connectivity index (χ0) is 10.8. The third-order valence-corrected chi connectivity index (χ3v) is 2.36. The average molecular weight is 243 g/mol. The van der Waals surface area contributed by atoms with E-state index in [2.05, 4.69) is 10.3 Å². The van der Waals surface area contributed by atoms with E-state index in [4.69, 9.17) is 28.9 Å². The lowest BCUT2D eigenvalue weighted by Crippen LogP contribution is -2.06. The fraction of sp³-hybridized carbons (Fsp3) is 0.111. The topological polar surface area (TPSA) is 56.7 Å². The van der Waals surface area contributed by atoms with E-state index in [-0.39, 0.29) is 0 Å². The Morgan fingerprint density at radius 3 is 2.47 bits per heavy atom. The zero-order valence-corrected chi connectivity index (χ0v) is 9.20. The van der Waals surface area contributed by atoms with Gasteiger partial charge in [-0.05, 0) is 18.2 Å². The first-order chi connectivity index (χ1) is 7.20. The summed E-state index contributed by atoms with van der Waals surface area (Å²) in [6.45, 7) is 0.358. The average Bonchev–Trinajstić information content (AvgIpc) is 2.63. The van der Waals surface area contributed by atoms with Crippen molar-refractivity contribution in [2.45, 2.75) is 6.54 Å². The highest BCUT2D eigenvalue weighted by molar-refractivity contribution is 6.34. The van der Waals surface area contributed by atoms with Gasteiger partial charge in [0.05, 0.1) is 17.6 Å². The summed E-state index contributed by atoms with van der Waals surface area (Å²) >= 11 is 11.8. The molecule has 0 spiro atoms. The second-order valence-electron chi connectivity index (χ2n) is 2.97. The summed E-state index contributed by atoms with van der Waals surface area (Å²) in [5.41, 5.74) is 7.10. The SMILES string of the molecule is NCc1cnnn1-c1cc(Cl)cc(Cl)c1. The van der Waals surface area contributed by atoms with Crippen molar-refractivity contribution in [3.63, 3.8) is 0 Å². The van der Waals surface area contributed by atoms with Gasteiger partial charge in [0, 0.05) is 16.6 Å². The minimum atomic E-state index is 0.358. The van der Waals surface area contributed by atoms with E-state index in [0.29, 0.717) is 16.6 Å². The Balaban J connectivity index is 2.53. The van der Waals surface area contributed by atoms with Crippen LogP contribution in [-0.4, -0.2) is 15.0 Å². The van der Waals surface area contributed by atoms with Crippen LogP contribution in [0.3, 0.4) is 0 Å². The molecule has 1 aromatic carbocycles. The molecular weight excluding hydrogens is 235 g/mol. The van der Waals surface area contributed by atoms with E-state index in [1.165, 1.54) is 0 Å². The maximum absolute atomic E-state index is 5.89. The molecule has 15 heavy (non-hydrogen) atoms. The lowest BCUT2D eigenvalue weighted by Gasteiger charge is -2.05. The van der Waals surface area contributed by atoms with Gasteiger partial charge in [-0.25, -0.2) is 4.68 Å². The summed E-state index contributed by atoms with van der Waals surface area (Å²) in [5, 5.41) is 8.79. The summed E-state index contributed by atoms with van der Waals surface area (Å²) in [7, 11) is 0. The quantitative estimate of drug-likeness (QED) is 0.877. The molecule has 0 unspecified atom stereocenters. The molecule has 0 saturated heterocycles. The second kappa shape index (κ2) is 4.18. The third kappa shape index (κ3) is 2.12. The molecule has 1 aromatic heterocycles. The zero-order valence-electron chi connectivity index (χ0n) is 7.69. The van der Waals surface area contributed by atoms with Crippen molar-refractivity contribution in [1.82, 2.24) is 15.0 Å². The molecule has 0 aliphatic heterocycles. The Kier molecular flexibility index (Phi) is 2.90. The van der Waals surface area contributed by atoms with Gasteiger partial charge in [-0.2, -0.15) is 0 Å². The van der Waals surface area contributed by atoms with Crippen molar-refractivity contribution in [3.8, 4) is 5.69 Å². The molecule has 0 atom stereocenters. The van der Waals surface area contributed by atoms with Crippen molar-refractivity contribution in [1.29, 1.82) is 0 Å². The van der Waals surface area contributed by atoms with E-state index in [0.717, 1.165) is 11.4 Å². The van der Waals surface area contributed by atoms with Gasteiger partial charge in [-0.1, -0.05) is 28.4 Å². The Morgan fingerprint density at radius 2 is 1.87 bits per heavy atom. The molecule has 0 bridgehead atoms. The van der Waals surface area contributed by atoms with Crippen LogP contribution in [0, 0.1) is 0 Å². The maximum Gasteiger partial charge on any atom is 0.0781 e. The molecule has 0 radical (unpaired) electrons. The van der Waals surface area contributed by atoms with Crippen molar-refractivity contribution in [2.75, 3.05) is 0 Å². The first-order valence-corrected chi connectivity index (χ1v) is 5.02. The number of hydrogen-bond acceptors (Lipinski definition) is 3. The van der Waals surface area contributed by atoms with E-state index < -0.39 is 0 Å². The summed E-state index contributed by atoms with van der Waals surface area (Å²) in [6.07, 6.45) is 1.61. The molecular formula is C9H8Cl2N4. The Labute approximate surface area is 96.6 Å². The normalized spacial score (nSPS) is 10.6. The number of halogens is 2. The van der Waals surface area contributed by atoms with Gasteiger partial charge in [0.25, 0.3) is 0 Å². The lowest BCUT2D eigenvalue weighted by atomic mass is 10.3. The van der Waals surface area contributed by atoms with Crippen molar-refractivity contribution < 1.29 is 0 Å². The second-order valence-corrected chi connectivity index (χ2v) is 3.84. The number of hydrogen-bond donors (Lipinski definition) is 1. The van der Waals surface area contributed by atoms with E-state index in [1.54, 1.807) is 29.1 Å². The summed E-state index contributed by atoms with van der Waals surface area (Å²) in [4.78, 5) is 0. The maximum atomic E-state index is 5.89. The third-order valence-electron chi connectivity index (χ3n) is 1.92. The standard InChI is InChI=1S/C9H8Cl2N4/c10-6-1-7(11)3-8(2-6)15-9(4-12)5-13-14-15/h1-3,5H,4,12H2. The summed E-state index contributed by atoms with van der Waals surface area (Å²) < 4.78 is 1.61. The largest absolute Gasteiger partial charge is 0.325 e. The molecule has 6 heteroatoms. The highest BCUT2D eigenvalue weighted by atomic mass is 35.5. The van der Waals surface area contributed by atoms with E-state index in [9.17, 15) is 0 Å². The number of aromatic nitrogens is 3. The van der Waals surface area contributed by atoms with Crippen molar-refractivity contribution >= 4 is 23.2 Å². The molecule has 0 aliphatic carbocycles. The molecule has 2 rings (SSSR count). The number of benzene rings is 1. The predicted molar refractivity (Wildman–Crippen MR) is 59.3 cm³/mol. The Hall–Kier alpha value is -1.10. The van der Waals surface area contributed by atoms with Crippen LogP contribution in [0.5, 0.6) is 0 Å². The molecule has 2 aromatic rings. The molecule has 4 nitrogen and oxygen atoms in total. The molecule has 0 saturated carbocycles. The van der Waals surface area contributed by atoms with Crippen molar-refractivity contribution in [3.05, 3.63) is 40.1 Å². The minimum Gasteiger partial charge on any atom is -0.325 e. The van der Waals surface area contributed by atoms with Gasteiger partial charge in [0.15, 0.2) is 0 Å². The van der Waals surface area contributed by atoms with E-state index in [1.807, 2.05) is 0 Å². The first-order valence-electron chi connectivity index (χ1n) is 4.27. The molecule has 2 N–H and O–H groups in total. The van der Waals surface area contributed by atoms with Crippen LogP contribution in [0.4, 0.5) is 0 Å². The minimum absolute atomic E-state index is 0.358. The monoisotopic (exact) mass is 242 g/mol. The van der Waals surface area contributed by atoms with Gasteiger partial charge < -0.3 is 5.73 Å². The molecule has 0 fully saturated rings. The smallest absolute Gasteiger partial charge is 0.0781 e. The highest BCUT2D eigenvalue weighted by Gasteiger charge is 2.06. The molecule has 0 amide bonds. The van der Waals surface area contributed by atoms with Crippen molar-refractivity contribution in [2.24, 2.45) is 5.73 Å². The fourth-order valence-electron chi connectivity index (χ4n) is 1.27. The van der Waals surface area contributed by atoms with Gasteiger partial charge in [0.1, 0.15) is 0 Å². The number of rotatable bonds is 2. The number of nitrogens with two attached hydrogens (primary N) is 1. The molecule has 78 valence electrons. The van der Waals surface area contributed by atoms with Gasteiger partial charge in [-0.3, -0.25) is 0 Å². The predicted octanol–water partition coefficient (Wildman–Crippen LogP) is 2.03. The summed E-state index contributed by atoms with van der Waals surface area (Å²) in [5.74, 6) is 0. The van der Waals surface area contributed by atoms with Gasteiger partial charge in [-0.15, -0.1) is 5.10 Å². The fourth-order valence-corrected chi connectivity index (χ4v) is 1.79. The van der Waals surface area contributed by atoms with Crippen LogP contribution < -0.4 is 5.73 Å². The van der Waals surface area contributed by atoms with Crippen LogP contribution in [-0.2, 0) is 6.54 Å². The van der Waals surface area contributed by atoms with Crippen LogP contribution in [0.15, 0.2) is 24.4 Å². The first kappa shape index (κ1) is 10.4. The Morgan fingerprint density at radius 1 is 1.20 bits per heavy atom. The van der Waals surface area contributed by atoms with Crippen LogP contribution in [0.2, 0.25) is 10.0 Å². The molecule has 1 heterocycles. The molecule has 0 aliphatic rings. The van der Waals surface area contributed by atoms with Crippen LogP contribution in [0.25, 0.3) is 5.69 Å². The summed E-state index contributed by atoms with van der Waals surface area (Å²) in [6, 6.07) is 5.16. The van der Waals surface area contributed by atoms with Crippen LogP contribution >= 0.6 is 23.2 Å².